The smallest absolute Gasteiger partial charge is 0.223 e. The standard InChI is InChI=1S/C20H25N3O2/c1-13-19(14-7-9-17(25-2)10-8-14)22-20(21-13)15-11-18(24)23(12-15)16-5-3-4-6-16/h7-10,15-16H,3-6,11-12H2,1-2H3,(H,21,22)/t15-/m0/s1. The maximum Gasteiger partial charge on any atom is 0.223 e. The Morgan fingerprint density at radius 1 is 1.20 bits per heavy atom. The summed E-state index contributed by atoms with van der Waals surface area (Å²) in [4.78, 5) is 22.8. The topological polar surface area (TPSA) is 58.2 Å². The van der Waals surface area contributed by atoms with Crippen molar-refractivity contribution >= 4 is 5.91 Å². The summed E-state index contributed by atoms with van der Waals surface area (Å²) in [6.45, 7) is 2.85. The van der Waals surface area contributed by atoms with Crippen LogP contribution in [0.25, 0.3) is 11.3 Å². The first-order valence-corrected chi connectivity index (χ1v) is 9.16. The van der Waals surface area contributed by atoms with Gasteiger partial charge in [-0.15, -0.1) is 0 Å². The van der Waals surface area contributed by atoms with Crippen LogP contribution in [0.3, 0.4) is 0 Å². The molecule has 132 valence electrons. The van der Waals surface area contributed by atoms with Gasteiger partial charge < -0.3 is 14.6 Å². The Bertz CT molecular complexity index is 760. The van der Waals surface area contributed by atoms with Gasteiger partial charge in [-0.3, -0.25) is 4.79 Å². The first kappa shape index (κ1) is 16.2. The van der Waals surface area contributed by atoms with Gasteiger partial charge in [0, 0.05) is 36.2 Å². The van der Waals surface area contributed by atoms with Crippen LogP contribution in [0.2, 0.25) is 0 Å². The molecule has 2 aromatic rings. The third kappa shape index (κ3) is 3.03. The number of nitrogens with zero attached hydrogens (tertiary/aromatic N) is 2. The van der Waals surface area contributed by atoms with Gasteiger partial charge in [-0.2, -0.15) is 0 Å². The van der Waals surface area contributed by atoms with Crippen molar-refractivity contribution in [3.63, 3.8) is 0 Å². The molecule has 1 saturated heterocycles. The lowest BCUT2D eigenvalue weighted by molar-refractivity contribution is -0.129. The maximum atomic E-state index is 12.4. The first-order valence-electron chi connectivity index (χ1n) is 9.16. The van der Waals surface area contributed by atoms with Crippen molar-refractivity contribution in [1.29, 1.82) is 0 Å². The summed E-state index contributed by atoms with van der Waals surface area (Å²) in [7, 11) is 1.67. The fourth-order valence-corrected chi connectivity index (χ4v) is 4.19. The van der Waals surface area contributed by atoms with E-state index in [1.165, 1.54) is 12.8 Å². The molecule has 0 spiro atoms. The Morgan fingerprint density at radius 3 is 2.60 bits per heavy atom. The highest BCUT2D eigenvalue weighted by Crippen LogP contribution is 2.34. The van der Waals surface area contributed by atoms with E-state index >= 15 is 0 Å². The van der Waals surface area contributed by atoms with E-state index in [-0.39, 0.29) is 11.8 Å². The molecule has 0 radical (unpaired) electrons. The predicted octanol–water partition coefficient (Wildman–Crippen LogP) is 3.65. The molecule has 1 aromatic carbocycles. The number of imidazole rings is 1. The average Bonchev–Trinajstić information content (AvgIpc) is 3.34. The predicted molar refractivity (Wildman–Crippen MR) is 96.6 cm³/mol. The van der Waals surface area contributed by atoms with Crippen molar-refractivity contribution < 1.29 is 9.53 Å². The lowest BCUT2D eigenvalue weighted by Crippen LogP contribution is -2.34. The minimum Gasteiger partial charge on any atom is -0.497 e. The number of likely N-dealkylation sites (tertiary alicyclic amines) is 1. The van der Waals surface area contributed by atoms with E-state index < -0.39 is 0 Å². The highest BCUT2D eigenvalue weighted by Gasteiger charge is 2.37. The molecule has 25 heavy (non-hydrogen) atoms. The number of H-pyrrole nitrogens is 1. The molecule has 1 atom stereocenters. The minimum atomic E-state index is 0.179. The van der Waals surface area contributed by atoms with Gasteiger partial charge in [-0.25, -0.2) is 4.98 Å². The van der Waals surface area contributed by atoms with E-state index in [0.717, 1.165) is 47.9 Å². The van der Waals surface area contributed by atoms with Crippen LogP contribution in [0.15, 0.2) is 24.3 Å². The molecule has 2 fully saturated rings. The fourth-order valence-electron chi connectivity index (χ4n) is 4.19. The molecule has 0 unspecified atom stereocenters. The molecule has 1 N–H and O–H groups in total. The van der Waals surface area contributed by atoms with Gasteiger partial charge in [0.2, 0.25) is 5.91 Å². The van der Waals surface area contributed by atoms with Crippen molar-refractivity contribution in [2.24, 2.45) is 0 Å². The molecule has 1 amide bonds. The van der Waals surface area contributed by atoms with Crippen molar-refractivity contribution in [1.82, 2.24) is 14.9 Å². The lowest BCUT2D eigenvalue weighted by atomic mass is 10.1. The monoisotopic (exact) mass is 339 g/mol. The molecule has 1 aliphatic heterocycles. The Morgan fingerprint density at radius 2 is 1.92 bits per heavy atom. The van der Waals surface area contributed by atoms with Gasteiger partial charge in [0.05, 0.1) is 12.8 Å². The second-order valence-electron chi connectivity index (χ2n) is 7.21. The van der Waals surface area contributed by atoms with Gasteiger partial charge in [0.25, 0.3) is 0 Å². The molecule has 4 rings (SSSR count). The normalized spacial score (nSPS) is 21.3. The van der Waals surface area contributed by atoms with Crippen LogP contribution in [0.1, 0.15) is 49.5 Å². The number of amides is 1. The average molecular weight is 339 g/mol. The zero-order chi connectivity index (χ0) is 17.4. The lowest BCUT2D eigenvalue weighted by Gasteiger charge is -2.23. The number of rotatable bonds is 4. The number of ether oxygens (including phenoxy) is 1. The molecule has 1 aromatic heterocycles. The van der Waals surface area contributed by atoms with Gasteiger partial charge in [0.1, 0.15) is 11.6 Å². The highest BCUT2D eigenvalue weighted by molar-refractivity contribution is 5.80. The quantitative estimate of drug-likeness (QED) is 0.925. The number of benzene rings is 1. The molecule has 0 bridgehead atoms. The van der Waals surface area contributed by atoms with Crippen molar-refractivity contribution in [2.45, 2.75) is 51.0 Å². The number of carbonyl (C=O) groups excluding carboxylic acids is 1. The van der Waals surface area contributed by atoms with Crippen molar-refractivity contribution in [3.05, 3.63) is 35.8 Å². The highest BCUT2D eigenvalue weighted by atomic mass is 16.5. The number of methoxy groups -OCH3 is 1. The first-order chi connectivity index (χ1) is 12.2. The number of hydrogen-bond acceptors (Lipinski definition) is 3. The molecular weight excluding hydrogens is 314 g/mol. The molecule has 1 aliphatic carbocycles. The molecule has 2 aliphatic rings. The SMILES string of the molecule is COc1ccc(-c2nc([C@H]3CC(=O)N(C4CCCC4)C3)[nH]c2C)cc1. The number of aromatic nitrogens is 2. The van der Waals surface area contributed by atoms with Crippen molar-refractivity contribution in [3.8, 4) is 17.0 Å². The molecule has 1 saturated carbocycles. The zero-order valence-corrected chi connectivity index (χ0v) is 14.9. The van der Waals surface area contributed by atoms with Crippen LogP contribution in [0.4, 0.5) is 0 Å². The van der Waals surface area contributed by atoms with Gasteiger partial charge >= 0.3 is 0 Å². The van der Waals surface area contributed by atoms with Gasteiger partial charge in [-0.1, -0.05) is 12.8 Å². The van der Waals surface area contributed by atoms with Crippen LogP contribution in [-0.2, 0) is 4.79 Å². The third-order valence-corrected chi connectivity index (χ3v) is 5.58. The molecular formula is C20H25N3O2. The minimum absolute atomic E-state index is 0.179. The molecule has 2 heterocycles. The van der Waals surface area contributed by atoms with Crippen LogP contribution in [0.5, 0.6) is 5.75 Å². The number of aromatic amines is 1. The summed E-state index contributed by atoms with van der Waals surface area (Å²) < 4.78 is 5.22. The summed E-state index contributed by atoms with van der Waals surface area (Å²) >= 11 is 0. The Balaban J connectivity index is 1.54. The summed E-state index contributed by atoms with van der Waals surface area (Å²) in [5.74, 6) is 2.25. The second kappa shape index (κ2) is 6.54. The van der Waals surface area contributed by atoms with Crippen LogP contribution in [0, 0.1) is 6.92 Å². The van der Waals surface area contributed by atoms with E-state index in [1.807, 2.05) is 31.2 Å². The van der Waals surface area contributed by atoms with Gasteiger partial charge in [-0.05, 0) is 44.0 Å². The van der Waals surface area contributed by atoms with E-state index in [4.69, 9.17) is 9.72 Å². The van der Waals surface area contributed by atoms with E-state index in [2.05, 4.69) is 9.88 Å². The van der Waals surface area contributed by atoms with E-state index in [9.17, 15) is 4.79 Å². The van der Waals surface area contributed by atoms with E-state index in [0.29, 0.717) is 12.5 Å². The number of carbonyl (C=O) groups is 1. The van der Waals surface area contributed by atoms with E-state index in [1.54, 1.807) is 7.11 Å². The maximum absolute atomic E-state index is 12.4. The molecule has 5 heteroatoms. The third-order valence-electron chi connectivity index (χ3n) is 5.58. The summed E-state index contributed by atoms with van der Waals surface area (Å²) in [6.07, 6.45) is 5.40. The van der Waals surface area contributed by atoms with Crippen LogP contribution in [-0.4, -0.2) is 40.5 Å². The Kier molecular flexibility index (Phi) is 4.24. The van der Waals surface area contributed by atoms with Gasteiger partial charge in [0.15, 0.2) is 0 Å². The summed E-state index contributed by atoms with van der Waals surface area (Å²) in [5.41, 5.74) is 3.08. The zero-order valence-electron chi connectivity index (χ0n) is 14.9. The number of hydrogen-bond donors (Lipinski definition) is 1. The summed E-state index contributed by atoms with van der Waals surface area (Å²) in [5, 5.41) is 0. The van der Waals surface area contributed by atoms with Crippen LogP contribution < -0.4 is 4.74 Å². The Hall–Kier alpha value is -2.30. The van der Waals surface area contributed by atoms with Crippen LogP contribution >= 0.6 is 0 Å². The van der Waals surface area contributed by atoms with Crippen molar-refractivity contribution in [2.75, 3.05) is 13.7 Å². The number of aryl methyl sites for hydroxylation is 1. The summed E-state index contributed by atoms with van der Waals surface area (Å²) in [6, 6.07) is 8.40. The molecule has 5 nitrogen and oxygen atoms in total. The largest absolute Gasteiger partial charge is 0.497 e. The second-order valence-corrected chi connectivity index (χ2v) is 7.21. The Labute approximate surface area is 148 Å². The fraction of sp³-hybridized carbons (Fsp3) is 0.500. The number of nitrogens with one attached hydrogen (secondary N) is 1.